The number of ether oxygens (including phenoxy) is 1. The van der Waals surface area contributed by atoms with E-state index in [1.807, 2.05) is 20.8 Å². The van der Waals surface area contributed by atoms with Crippen molar-refractivity contribution in [3.05, 3.63) is 29.8 Å². The first-order valence-electron chi connectivity index (χ1n) is 6.32. The van der Waals surface area contributed by atoms with Crippen molar-refractivity contribution in [2.75, 3.05) is 6.61 Å². The fourth-order valence-corrected chi connectivity index (χ4v) is 1.79. The van der Waals surface area contributed by atoms with E-state index in [9.17, 15) is 4.79 Å². The van der Waals surface area contributed by atoms with E-state index in [1.54, 1.807) is 24.3 Å². The number of benzene rings is 1. The summed E-state index contributed by atoms with van der Waals surface area (Å²) in [6.07, 6.45) is 0.767. The lowest BCUT2D eigenvalue weighted by atomic mass is 10.1. The van der Waals surface area contributed by atoms with Gasteiger partial charge in [0.15, 0.2) is 0 Å². The van der Waals surface area contributed by atoms with E-state index in [0.717, 1.165) is 12.2 Å². The predicted molar refractivity (Wildman–Crippen MR) is 72.8 cm³/mol. The SMILES string of the molecule is CCOc1ccc(C(=O)NC(C)CC(C)N)cc1. The Kier molecular flexibility index (Phi) is 5.65. The molecule has 2 unspecified atom stereocenters. The second-order valence-electron chi connectivity index (χ2n) is 4.54. The minimum absolute atomic E-state index is 0.0732. The molecule has 1 rings (SSSR count). The zero-order chi connectivity index (χ0) is 13.5. The molecule has 18 heavy (non-hydrogen) atoms. The molecule has 0 aliphatic carbocycles. The monoisotopic (exact) mass is 250 g/mol. The molecule has 2 atom stereocenters. The normalized spacial score (nSPS) is 13.8. The molecule has 3 N–H and O–H groups in total. The average Bonchev–Trinajstić information content (AvgIpc) is 2.29. The molecule has 100 valence electrons. The van der Waals surface area contributed by atoms with Crippen LogP contribution in [0.4, 0.5) is 0 Å². The third kappa shape index (κ3) is 4.75. The quantitative estimate of drug-likeness (QED) is 0.811. The van der Waals surface area contributed by atoms with Crippen molar-refractivity contribution in [2.45, 2.75) is 39.3 Å². The van der Waals surface area contributed by atoms with Crippen LogP contribution in [0, 0.1) is 0 Å². The van der Waals surface area contributed by atoms with Crippen LogP contribution in [0.25, 0.3) is 0 Å². The summed E-state index contributed by atoms with van der Waals surface area (Å²) >= 11 is 0. The fourth-order valence-electron chi connectivity index (χ4n) is 1.79. The Balaban J connectivity index is 2.56. The van der Waals surface area contributed by atoms with Crippen molar-refractivity contribution in [1.82, 2.24) is 5.32 Å². The van der Waals surface area contributed by atoms with Gasteiger partial charge in [-0.3, -0.25) is 4.79 Å². The van der Waals surface area contributed by atoms with Crippen molar-refractivity contribution in [3.63, 3.8) is 0 Å². The van der Waals surface area contributed by atoms with Gasteiger partial charge in [-0.05, 0) is 51.5 Å². The molecule has 4 heteroatoms. The van der Waals surface area contributed by atoms with Gasteiger partial charge in [0.1, 0.15) is 5.75 Å². The van der Waals surface area contributed by atoms with Gasteiger partial charge in [0, 0.05) is 17.6 Å². The van der Waals surface area contributed by atoms with Gasteiger partial charge in [0.05, 0.1) is 6.61 Å². The Hall–Kier alpha value is -1.55. The molecule has 0 radical (unpaired) electrons. The minimum atomic E-state index is -0.0776. The van der Waals surface area contributed by atoms with Gasteiger partial charge in [-0.2, -0.15) is 0 Å². The Morgan fingerprint density at radius 2 is 1.94 bits per heavy atom. The minimum Gasteiger partial charge on any atom is -0.494 e. The smallest absolute Gasteiger partial charge is 0.251 e. The first kappa shape index (κ1) is 14.5. The van der Waals surface area contributed by atoms with Crippen LogP contribution in [0.1, 0.15) is 37.6 Å². The van der Waals surface area contributed by atoms with E-state index in [0.29, 0.717) is 12.2 Å². The first-order valence-corrected chi connectivity index (χ1v) is 6.32. The molecule has 1 amide bonds. The highest BCUT2D eigenvalue weighted by atomic mass is 16.5. The molecule has 0 fully saturated rings. The second kappa shape index (κ2) is 7.01. The molecular formula is C14H22N2O2. The lowest BCUT2D eigenvalue weighted by Gasteiger charge is -2.16. The lowest BCUT2D eigenvalue weighted by Crippen LogP contribution is -2.36. The van der Waals surface area contributed by atoms with Crippen LogP contribution in [0.2, 0.25) is 0 Å². The lowest BCUT2D eigenvalue weighted by molar-refractivity contribution is 0.0937. The standard InChI is InChI=1S/C14H22N2O2/c1-4-18-13-7-5-12(6-8-13)14(17)16-11(3)9-10(2)15/h5-8,10-11H,4,9,15H2,1-3H3,(H,16,17). The average molecular weight is 250 g/mol. The van der Waals surface area contributed by atoms with Crippen molar-refractivity contribution in [1.29, 1.82) is 0 Å². The van der Waals surface area contributed by atoms with Gasteiger partial charge in [-0.15, -0.1) is 0 Å². The highest BCUT2D eigenvalue weighted by molar-refractivity contribution is 5.94. The zero-order valence-electron chi connectivity index (χ0n) is 11.3. The van der Waals surface area contributed by atoms with Gasteiger partial charge in [0.25, 0.3) is 5.91 Å². The van der Waals surface area contributed by atoms with Crippen molar-refractivity contribution >= 4 is 5.91 Å². The van der Waals surface area contributed by atoms with E-state index < -0.39 is 0 Å². The van der Waals surface area contributed by atoms with Gasteiger partial charge in [0.2, 0.25) is 0 Å². The van der Waals surface area contributed by atoms with Crippen molar-refractivity contribution in [2.24, 2.45) is 5.73 Å². The number of rotatable bonds is 6. The van der Waals surface area contributed by atoms with Gasteiger partial charge >= 0.3 is 0 Å². The second-order valence-corrected chi connectivity index (χ2v) is 4.54. The van der Waals surface area contributed by atoms with Crippen molar-refractivity contribution in [3.8, 4) is 5.75 Å². The molecule has 0 saturated carbocycles. The Morgan fingerprint density at radius 3 is 2.44 bits per heavy atom. The fraction of sp³-hybridized carbons (Fsp3) is 0.500. The van der Waals surface area contributed by atoms with Gasteiger partial charge < -0.3 is 15.8 Å². The summed E-state index contributed by atoms with van der Waals surface area (Å²) in [7, 11) is 0. The number of hydrogen-bond acceptors (Lipinski definition) is 3. The molecule has 0 bridgehead atoms. The number of amides is 1. The first-order chi connectivity index (χ1) is 8.52. The van der Waals surface area contributed by atoms with E-state index in [-0.39, 0.29) is 18.0 Å². The Morgan fingerprint density at radius 1 is 1.33 bits per heavy atom. The van der Waals surface area contributed by atoms with E-state index in [4.69, 9.17) is 10.5 Å². The van der Waals surface area contributed by atoms with Crippen LogP contribution in [0.15, 0.2) is 24.3 Å². The molecule has 0 aromatic heterocycles. The molecule has 0 aliphatic rings. The molecule has 0 heterocycles. The van der Waals surface area contributed by atoms with E-state index in [2.05, 4.69) is 5.32 Å². The summed E-state index contributed by atoms with van der Waals surface area (Å²) < 4.78 is 5.33. The highest BCUT2D eigenvalue weighted by Crippen LogP contribution is 2.12. The molecule has 0 saturated heterocycles. The van der Waals surface area contributed by atoms with E-state index >= 15 is 0 Å². The van der Waals surface area contributed by atoms with Crippen LogP contribution < -0.4 is 15.8 Å². The molecule has 1 aromatic rings. The largest absolute Gasteiger partial charge is 0.494 e. The van der Waals surface area contributed by atoms with Crippen molar-refractivity contribution < 1.29 is 9.53 Å². The third-order valence-corrected chi connectivity index (χ3v) is 2.53. The molecular weight excluding hydrogens is 228 g/mol. The topological polar surface area (TPSA) is 64.3 Å². The summed E-state index contributed by atoms with van der Waals surface area (Å²) in [5, 5.41) is 2.92. The number of carbonyl (C=O) groups excluding carboxylic acids is 1. The number of carbonyl (C=O) groups is 1. The van der Waals surface area contributed by atoms with Crippen LogP contribution in [0.5, 0.6) is 5.75 Å². The summed E-state index contributed by atoms with van der Waals surface area (Å²) in [5.41, 5.74) is 6.33. The highest BCUT2D eigenvalue weighted by Gasteiger charge is 2.11. The summed E-state index contributed by atoms with van der Waals surface area (Å²) in [4.78, 5) is 11.9. The molecule has 0 aliphatic heterocycles. The molecule has 0 spiro atoms. The Labute approximate surface area is 109 Å². The summed E-state index contributed by atoms with van der Waals surface area (Å²) in [6, 6.07) is 7.28. The maximum atomic E-state index is 11.9. The number of nitrogens with one attached hydrogen (secondary N) is 1. The van der Waals surface area contributed by atoms with Crippen LogP contribution in [-0.4, -0.2) is 24.6 Å². The third-order valence-electron chi connectivity index (χ3n) is 2.53. The number of nitrogens with two attached hydrogens (primary N) is 1. The van der Waals surface area contributed by atoms with Crippen LogP contribution in [0.3, 0.4) is 0 Å². The molecule has 1 aromatic carbocycles. The van der Waals surface area contributed by atoms with Gasteiger partial charge in [-0.25, -0.2) is 0 Å². The van der Waals surface area contributed by atoms with Crippen LogP contribution >= 0.6 is 0 Å². The summed E-state index contributed by atoms with van der Waals surface area (Å²) in [6.45, 7) is 6.43. The predicted octanol–water partition coefficient (Wildman–Crippen LogP) is 1.94. The van der Waals surface area contributed by atoms with Gasteiger partial charge in [-0.1, -0.05) is 0 Å². The maximum Gasteiger partial charge on any atom is 0.251 e. The molecule has 4 nitrogen and oxygen atoms in total. The van der Waals surface area contributed by atoms with E-state index in [1.165, 1.54) is 0 Å². The zero-order valence-corrected chi connectivity index (χ0v) is 11.3. The maximum absolute atomic E-state index is 11.9. The Bertz CT molecular complexity index is 374. The van der Waals surface area contributed by atoms with Crippen LogP contribution in [-0.2, 0) is 0 Å². The summed E-state index contributed by atoms with van der Waals surface area (Å²) in [5.74, 6) is 0.698. The number of hydrogen-bond donors (Lipinski definition) is 2.